The van der Waals surface area contributed by atoms with Crippen LogP contribution in [0.1, 0.15) is 0 Å². The summed E-state index contributed by atoms with van der Waals surface area (Å²) in [4.78, 5) is 20.8. The SMILES string of the molecule is C=CCNC(=O)/C=C\C(N)=O. The van der Waals surface area contributed by atoms with Crippen LogP contribution in [0.15, 0.2) is 24.8 Å². The molecule has 2 amide bonds. The Bertz CT molecular complexity index is 197. The maximum Gasteiger partial charge on any atom is 0.244 e. The first-order valence-electron chi connectivity index (χ1n) is 3.03. The Morgan fingerprint density at radius 1 is 1.45 bits per heavy atom. The zero-order valence-electron chi connectivity index (χ0n) is 6.04. The summed E-state index contributed by atoms with van der Waals surface area (Å²) >= 11 is 0. The number of rotatable bonds is 4. The van der Waals surface area contributed by atoms with Crippen LogP contribution in [-0.4, -0.2) is 18.4 Å². The van der Waals surface area contributed by atoms with Crippen molar-refractivity contribution in [3.8, 4) is 0 Å². The molecule has 0 aromatic heterocycles. The van der Waals surface area contributed by atoms with E-state index in [9.17, 15) is 9.59 Å². The Labute approximate surface area is 64.8 Å². The fourth-order valence-electron chi connectivity index (χ4n) is 0.390. The highest BCUT2D eigenvalue weighted by Gasteiger charge is 1.91. The van der Waals surface area contributed by atoms with Crippen LogP contribution in [0.25, 0.3) is 0 Å². The van der Waals surface area contributed by atoms with E-state index in [2.05, 4.69) is 11.9 Å². The third kappa shape index (κ3) is 6.30. The molecular formula is C7H10N2O2. The number of primary amides is 1. The van der Waals surface area contributed by atoms with Crippen molar-refractivity contribution in [1.29, 1.82) is 0 Å². The Balaban J connectivity index is 3.68. The highest BCUT2D eigenvalue weighted by molar-refractivity contribution is 5.95. The van der Waals surface area contributed by atoms with Crippen molar-refractivity contribution in [2.75, 3.05) is 6.54 Å². The molecule has 0 aliphatic heterocycles. The van der Waals surface area contributed by atoms with Crippen molar-refractivity contribution in [3.63, 3.8) is 0 Å². The highest BCUT2D eigenvalue weighted by atomic mass is 16.2. The van der Waals surface area contributed by atoms with Gasteiger partial charge in [0.2, 0.25) is 11.8 Å². The van der Waals surface area contributed by atoms with Crippen LogP contribution >= 0.6 is 0 Å². The van der Waals surface area contributed by atoms with E-state index in [0.29, 0.717) is 6.54 Å². The molecule has 0 heterocycles. The first kappa shape index (κ1) is 9.42. The van der Waals surface area contributed by atoms with E-state index < -0.39 is 5.91 Å². The Morgan fingerprint density at radius 2 is 2.09 bits per heavy atom. The summed E-state index contributed by atoms with van der Waals surface area (Å²) in [6.07, 6.45) is 3.61. The average molecular weight is 154 g/mol. The summed E-state index contributed by atoms with van der Waals surface area (Å²) in [6.45, 7) is 3.77. The summed E-state index contributed by atoms with van der Waals surface area (Å²) in [6, 6.07) is 0. The van der Waals surface area contributed by atoms with Gasteiger partial charge in [0.15, 0.2) is 0 Å². The van der Waals surface area contributed by atoms with Gasteiger partial charge in [0, 0.05) is 18.7 Å². The van der Waals surface area contributed by atoms with E-state index in [4.69, 9.17) is 5.73 Å². The van der Waals surface area contributed by atoms with Gasteiger partial charge in [0.25, 0.3) is 0 Å². The van der Waals surface area contributed by atoms with Gasteiger partial charge in [0.1, 0.15) is 0 Å². The summed E-state index contributed by atoms with van der Waals surface area (Å²) in [7, 11) is 0. The first-order chi connectivity index (χ1) is 5.16. The smallest absolute Gasteiger partial charge is 0.244 e. The molecular weight excluding hydrogens is 144 g/mol. The number of hydrogen-bond acceptors (Lipinski definition) is 2. The quantitative estimate of drug-likeness (QED) is 0.416. The topological polar surface area (TPSA) is 72.2 Å². The molecule has 0 spiro atoms. The molecule has 0 saturated heterocycles. The largest absolute Gasteiger partial charge is 0.366 e. The first-order valence-corrected chi connectivity index (χ1v) is 3.03. The fourth-order valence-corrected chi connectivity index (χ4v) is 0.390. The van der Waals surface area contributed by atoms with E-state index in [1.165, 1.54) is 6.08 Å². The lowest BCUT2D eigenvalue weighted by Crippen LogP contribution is -2.21. The minimum Gasteiger partial charge on any atom is -0.366 e. The molecule has 60 valence electrons. The molecule has 0 bridgehead atoms. The Kier molecular flexibility index (Phi) is 4.47. The Hall–Kier alpha value is -1.58. The van der Waals surface area contributed by atoms with E-state index in [0.717, 1.165) is 12.2 Å². The van der Waals surface area contributed by atoms with E-state index >= 15 is 0 Å². The van der Waals surface area contributed by atoms with Crippen LogP contribution in [-0.2, 0) is 9.59 Å². The van der Waals surface area contributed by atoms with Crippen molar-refractivity contribution < 1.29 is 9.59 Å². The molecule has 0 aliphatic rings. The summed E-state index contributed by atoms with van der Waals surface area (Å²) in [5, 5.41) is 2.44. The van der Waals surface area contributed by atoms with Crippen LogP contribution in [0.3, 0.4) is 0 Å². The lowest BCUT2D eigenvalue weighted by molar-refractivity contribution is -0.117. The Morgan fingerprint density at radius 3 is 2.55 bits per heavy atom. The van der Waals surface area contributed by atoms with E-state index in [1.807, 2.05) is 0 Å². The van der Waals surface area contributed by atoms with Gasteiger partial charge in [-0.1, -0.05) is 6.08 Å². The van der Waals surface area contributed by atoms with Gasteiger partial charge in [-0.15, -0.1) is 6.58 Å². The average Bonchev–Trinajstić information content (AvgIpc) is 1.97. The molecule has 0 atom stereocenters. The molecule has 0 rings (SSSR count). The molecule has 4 heteroatoms. The second-order valence-electron chi connectivity index (χ2n) is 1.77. The van der Waals surface area contributed by atoms with Crippen molar-refractivity contribution in [2.45, 2.75) is 0 Å². The van der Waals surface area contributed by atoms with Gasteiger partial charge in [-0.2, -0.15) is 0 Å². The van der Waals surface area contributed by atoms with Crippen molar-refractivity contribution in [1.82, 2.24) is 5.32 Å². The zero-order valence-corrected chi connectivity index (χ0v) is 6.04. The normalized spacial score (nSPS) is 9.45. The predicted octanol–water partition coefficient (Wildman–Crippen LogP) is -0.670. The second-order valence-corrected chi connectivity index (χ2v) is 1.77. The molecule has 4 nitrogen and oxygen atoms in total. The van der Waals surface area contributed by atoms with Crippen molar-refractivity contribution in [2.24, 2.45) is 5.73 Å². The van der Waals surface area contributed by atoms with Crippen LogP contribution in [0.2, 0.25) is 0 Å². The standard InChI is InChI=1S/C7H10N2O2/c1-2-5-9-7(11)4-3-6(8)10/h2-4H,1,5H2,(H2,8,10)(H,9,11)/b4-3-. The molecule has 0 saturated carbocycles. The third-order valence-corrected chi connectivity index (χ3v) is 0.820. The van der Waals surface area contributed by atoms with Gasteiger partial charge in [-0.25, -0.2) is 0 Å². The minimum absolute atomic E-state index is 0.358. The zero-order chi connectivity index (χ0) is 8.69. The number of amides is 2. The molecule has 0 unspecified atom stereocenters. The monoisotopic (exact) mass is 154 g/mol. The van der Waals surface area contributed by atoms with E-state index in [1.54, 1.807) is 0 Å². The van der Waals surface area contributed by atoms with Gasteiger partial charge in [-0.05, 0) is 0 Å². The number of nitrogens with two attached hydrogens (primary N) is 1. The number of carbonyl (C=O) groups is 2. The second kappa shape index (κ2) is 5.22. The lowest BCUT2D eigenvalue weighted by Gasteiger charge is -1.93. The molecule has 0 aromatic rings. The highest BCUT2D eigenvalue weighted by Crippen LogP contribution is 1.72. The predicted molar refractivity (Wildman–Crippen MR) is 41.5 cm³/mol. The molecule has 11 heavy (non-hydrogen) atoms. The maximum atomic E-state index is 10.7. The molecule has 0 radical (unpaired) electrons. The maximum absolute atomic E-state index is 10.7. The summed E-state index contributed by atoms with van der Waals surface area (Å²) in [5.41, 5.74) is 4.74. The van der Waals surface area contributed by atoms with E-state index in [-0.39, 0.29) is 5.91 Å². The molecule has 3 N–H and O–H groups in total. The van der Waals surface area contributed by atoms with Crippen LogP contribution in [0.5, 0.6) is 0 Å². The minimum atomic E-state index is -0.640. The molecule has 0 aromatic carbocycles. The third-order valence-electron chi connectivity index (χ3n) is 0.820. The van der Waals surface area contributed by atoms with Crippen LogP contribution in [0.4, 0.5) is 0 Å². The number of carbonyl (C=O) groups excluding carboxylic acids is 2. The van der Waals surface area contributed by atoms with Crippen LogP contribution in [0, 0.1) is 0 Å². The van der Waals surface area contributed by atoms with Gasteiger partial charge < -0.3 is 11.1 Å². The van der Waals surface area contributed by atoms with Gasteiger partial charge in [0.05, 0.1) is 0 Å². The van der Waals surface area contributed by atoms with Gasteiger partial charge >= 0.3 is 0 Å². The molecule has 0 fully saturated rings. The summed E-state index contributed by atoms with van der Waals surface area (Å²) in [5.74, 6) is -0.998. The summed E-state index contributed by atoms with van der Waals surface area (Å²) < 4.78 is 0. The number of hydrogen-bond donors (Lipinski definition) is 2. The fraction of sp³-hybridized carbons (Fsp3) is 0.143. The lowest BCUT2D eigenvalue weighted by atomic mass is 10.4. The van der Waals surface area contributed by atoms with Crippen molar-refractivity contribution >= 4 is 11.8 Å². The molecule has 0 aliphatic carbocycles. The van der Waals surface area contributed by atoms with Crippen molar-refractivity contribution in [3.05, 3.63) is 24.8 Å². The van der Waals surface area contributed by atoms with Gasteiger partial charge in [-0.3, -0.25) is 9.59 Å². The van der Waals surface area contributed by atoms with Crippen LogP contribution < -0.4 is 11.1 Å². The number of nitrogens with one attached hydrogen (secondary N) is 1.